The van der Waals surface area contributed by atoms with Crippen molar-refractivity contribution in [3.8, 4) is 0 Å². The molecule has 1 aliphatic heterocycles. The molecule has 0 spiro atoms. The van der Waals surface area contributed by atoms with Crippen LogP contribution in [-0.2, 0) is 16.2 Å². The molecule has 0 bridgehead atoms. The summed E-state index contributed by atoms with van der Waals surface area (Å²) < 4.78 is 0. The summed E-state index contributed by atoms with van der Waals surface area (Å²) in [6.07, 6.45) is 4.50. The number of carbonyl (C=O) groups is 2. The summed E-state index contributed by atoms with van der Waals surface area (Å²) in [5.74, 6) is 0.0104. The predicted molar refractivity (Wildman–Crippen MR) is 91.0 cm³/mol. The monoisotopic (exact) mass is 330 g/mol. The van der Waals surface area contributed by atoms with Crippen molar-refractivity contribution >= 4 is 11.8 Å². The Kier molecular flexibility index (Phi) is 5.31. The van der Waals surface area contributed by atoms with E-state index in [9.17, 15) is 14.7 Å². The molecule has 2 amide bonds. The number of amides is 2. The maximum absolute atomic E-state index is 11.9. The minimum Gasteiger partial charge on any atom is -0.392 e. The van der Waals surface area contributed by atoms with E-state index in [1.54, 1.807) is 0 Å². The first-order valence-corrected chi connectivity index (χ1v) is 8.89. The van der Waals surface area contributed by atoms with Gasteiger partial charge in [-0.15, -0.1) is 0 Å². The second-order valence-corrected chi connectivity index (χ2v) is 6.95. The van der Waals surface area contributed by atoms with Crippen molar-refractivity contribution in [3.05, 3.63) is 35.4 Å². The molecular formula is C19H26N2O3. The SMILES string of the molecule is C[C@@H](NC1CCC(N2C(=O)CCC2=O)CC1)c1cccc(CO)c1. The summed E-state index contributed by atoms with van der Waals surface area (Å²) in [6, 6.07) is 8.72. The zero-order valence-corrected chi connectivity index (χ0v) is 14.2. The summed E-state index contributed by atoms with van der Waals surface area (Å²) in [5, 5.41) is 12.9. The van der Waals surface area contributed by atoms with Gasteiger partial charge in [-0.25, -0.2) is 0 Å². The lowest BCUT2D eigenvalue weighted by Gasteiger charge is -2.35. The van der Waals surface area contributed by atoms with Crippen LogP contribution in [-0.4, -0.2) is 33.9 Å². The zero-order chi connectivity index (χ0) is 17.1. The Bertz CT molecular complexity index is 592. The average Bonchev–Trinajstić information content (AvgIpc) is 2.94. The van der Waals surface area contributed by atoms with Crippen molar-refractivity contribution in [2.45, 2.75) is 70.2 Å². The Morgan fingerprint density at radius 3 is 2.46 bits per heavy atom. The summed E-state index contributed by atoms with van der Waals surface area (Å²) in [4.78, 5) is 25.2. The highest BCUT2D eigenvalue weighted by molar-refractivity contribution is 6.02. The molecule has 0 radical (unpaired) electrons. The average molecular weight is 330 g/mol. The van der Waals surface area contributed by atoms with E-state index < -0.39 is 0 Å². The fraction of sp³-hybridized carbons (Fsp3) is 0.579. The van der Waals surface area contributed by atoms with E-state index in [0.29, 0.717) is 18.9 Å². The highest BCUT2D eigenvalue weighted by Gasteiger charge is 2.36. The number of rotatable bonds is 5. The molecule has 0 aromatic heterocycles. The van der Waals surface area contributed by atoms with Crippen LogP contribution in [0, 0.1) is 0 Å². The number of hydrogen-bond acceptors (Lipinski definition) is 4. The van der Waals surface area contributed by atoms with E-state index in [-0.39, 0.29) is 30.5 Å². The summed E-state index contributed by atoms with van der Waals surface area (Å²) >= 11 is 0. The molecule has 5 nitrogen and oxygen atoms in total. The van der Waals surface area contributed by atoms with Gasteiger partial charge in [0.25, 0.3) is 0 Å². The van der Waals surface area contributed by atoms with Gasteiger partial charge in [0, 0.05) is 31.0 Å². The lowest BCUT2D eigenvalue weighted by atomic mass is 9.89. The van der Waals surface area contributed by atoms with Crippen molar-refractivity contribution in [2.24, 2.45) is 0 Å². The molecule has 5 heteroatoms. The third-order valence-corrected chi connectivity index (χ3v) is 5.27. The van der Waals surface area contributed by atoms with E-state index in [1.165, 1.54) is 10.5 Å². The van der Waals surface area contributed by atoms with Crippen LogP contribution in [0.2, 0.25) is 0 Å². The van der Waals surface area contributed by atoms with E-state index in [4.69, 9.17) is 0 Å². The highest BCUT2D eigenvalue weighted by atomic mass is 16.3. The Morgan fingerprint density at radius 2 is 1.83 bits per heavy atom. The largest absolute Gasteiger partial charge is 0.392 e. The molecule has 24 heavy (non-hydrogen) atoms. The number of benzene rings is 1. The topological polar surface area (TPSA) is 69.6 Å². The molecular weight excluding hydrogens is 304 g/mol. The van der Waals surface area contributed by atoms with Crippen LogP contribution in [0.4, 0.5) is 0 Å². The quantitative estimate of drug-likeness (QED) is 0.813. The number of aliphatic hydroxyl groups excluding tert-OH is 1. The lowest BCUT2D eigenvalue weighted by molar-refractivity contribution is -0.141. The standard InChI is InChI=1S/C19H26N2O3/c1-13(15-4-2-3-14(11-15)12-22)20-16-5-7-17(8-6-16)21-18(23)9-10-19(21)24/h2-4,11,13,16-17,20,22H,5-10,12H2,1H3/t13-,16?,17?/m1/s1. The Labute approximate surface area is 143 Å². The van der Waals surface area contributed by atoms with Gasteiger partial charge >= 0.3 is 0 Å². The first-order chi connectivity index (χ1) is 11.6. The van der Waals surface area contributed by atoms with Crippen molar-refractivity contribution in [1.82, 2.24) is 10.2 Å². The molecule has 1 atom stereocenters. The second kappa shape index (κ2) is 7.45. The van der Waals surface area contributed by atoms with Crippen LogP contribution in [0.15, 0.2) is 24.3 Å². The normalized spacial score (nSPS) is 26.0. The van der Waals surface area contributed by atoms with Gasteiger partial charge in [0.1, 0.15) is 0 Å². The summed E-state index contributed by atoms with van der Waals surface area (Å²) in [6.45, 7) is 2.19. The molecule has 1 aromatic carbocycles. The van der Waals surface area contributed by atoms with Gasteiger partial charge in [0.15, 0.2) is 0 Å². The van der Waals surface area contributed by atoms with Crippen molar-refractivity contribution in [1.29, 1.82) is 0 Å². The molecule has 1 aromatic rings. The van der Waals surface area contributed by atoms with Crippen molar-refractivity contribution in [3.63, 3.8) is 0 Å². The Morgan fingerprint density at radius 1 is 1.17 bits per heavy atom. The third-order valence-electron chi connectivity index (χ3n) is 5.27. The van der Waals surface area contributed by atoms with Crippen molar-refractivity contribution < 1.29 is 14.7 Å². The molecule has 1 saturated carbocycles. The molecule has 1 aliphatic carbocycles. The molecule has 2 aliphatic rings. The molecule has 2 fully saturated rings. The van der Waals surface area contributed by atoms with Gasteiger partial charge < -0.3 is 10.4 Å². The molecule has 1 saturated heterocycles. The van der Waals surface area contributed by atoms with E-state index in [0.717, 1.165) is 31.2 Å². The number of likely N-dealkylation sites (tertiary alicyclic amines) is 1. The Hall–Kier alpha value is -1.72. The van der Waals surface area contributed by atoms with Gasteiger partial charge in [-0.2, -0.15) is 0 Å². The number of hydrogen-bond donors (Lipinski definition) is 2. The molecule has 130 valence electrons. The first kappa shape index (κ1) is 17.1. The van der Waals surface area contributed by atoms with Crippen LogP contribution in [0.3, 0.4) is 0 Å². The maximum atomic E-state index is 11.9. The number of nitrogens with one attached hydrogen (secondary N) is 1. The zero-order valence-electron chi connectivity index (χ0n) is 14.2. The van der Waals surface area contributed by atoms with E-state index in [2.05, 4.69) is 18.3 Å². The molecule has 1 heterocycles. The van der Waals surface area contributed by atoms with Gasteiger partial charge in [0.2, 0.25) is 11.8 Å². The number of aliphatic hydroxyl groups is 1. The van der Waals surface area contributed by atoms with E-state index in [1.807, 2.05) is 18.2 Å². The highest BCUT2D eigenvalue weighted by Crippen LogP contribution is 2.28. The third kappa shape index (κ3) is 3.68. The van der Waals surface area contributed by atoms with Crippen LogP contribution in [0.5, 0.6) is 0 Å². The first-order valence-electron chi connectivity index (χ1n) is 8.89. The summed E-state index contributed by atoms with van der Waals surface area (Å²) in [7, 11) is 0. The second-order valence-electron chi connectivity index (χ2n) is 6.95. The van der Waals surface area contributed by atoms with E-state index >= 15 is 0 Å². The van der Waals surface area contributed by atoms with Crippen LogP contribution >= 0.6 is 0 Å². The smallest absolute Gasteiger partial charge is 0.229 e. The predicted octanol–water partition coefficient (Wildman–Crippen LogP) is 2.29. The van der Waals surface area contributed by atoms with Crippen LogP contribution in [0.25, 0.3) is 0 Å². The van der Waals surface area contributed by atoms with Crippen molar-refractivity contribution in [2.75, 3.05) is 0 Å². The minimum atomic E-state index is 0.00518. The molecule has 0 unspecified atom stereocenters. The van der Waals surface area contributed by atoms with Gasteiger partial charge in [-0.1, -0.05) is 24.3 Å². The Balaban J connectivity index is 1.53. The fourth-order valence-electron chi connectivity index (χ4n) is 3.91. The van der Waals surface area contributed by atoms with Crippen LogP contribution < -0.4 is 5.32 Å². The lowest BCUT2D eigenvalue weighted by Crippen LogP contribution is -2.45. The van der Waals surface area contributed by atoms with Gasteiger partial charge in [0.05, 0.1) is 6.61 Å². The number of carbonyl (C=O) groups excluding carboxylic acids is 2. The minimum absolute atomic E-state index is 0.00518. The van der Waals surface area contributed by atoms with Gasteiger partial charge in [-0.05, 0) is 43.7 Å². The maximum Gasteiger partial charge on any atom is 0.229 e. The molecule has 2 N–H and O–H groups in total. The number of imide groups is 1. The number of nitrogens with zero attached hydrogens (tertiary/aromatic N) is 1. The van der Waals surface area contributed by atoms with Crippen LogP contribution in [0.1, 0.15) is 62.6 Å². The molecule has 3 rings (SSSR count). The fourth-order valence-corrected chi connectivity index (χ4v) is 3.91. The summed E-state index contributed by atoms with van der Waals surface area (Å²) in [5.41, 5.74) is 2.10. The van der Waals surface area contributed by atoms with Gasteiger partial charge in [-0.3, -0.25) is 14.5 Å².